The van der Waals surface area contributed by atoms with Crippen molar-refractivity contribution in [2.45, 2.75) is 26.4 Å². The molecule has 2 aliphatic heterocycles. The van der Waals surface area contributed by atoms with Crippen LogP contribution in [0.4, 0.5) is 4.39 Å². The number of likely N-dealkylation sites (N-methyl/N-ethyl adjacent to an activating group) is 1. The van der Waals surface area contributed by atoms with Gasteiger partial charge in [-0.25, -0.2) is 9.37 Å². The van der Waals surface area contributed by atoms with Crippen molar-refractivity contribution in [2.24, 2.45) is 5.92 Å². The van der Waals surface area contributed by atoms with Gasteiger partial charge in [-0.15, -0.1) is 0 Å². The third-order valence-corrected chi connectivity index (χ3v) is 7.04. The van der Waals surface area contributed by atoms with Gasteiger partial charge in [-0.05, 0) is 67.5 Å². The van der Waals surface area contributed by atoms with Gasteiger partial charge in [0.05, 0.1) is 29.3 Å². The van der Waals surface area contributed by atoms with Gasteiger partial charge in [-0.2, -0.15) is 0 Å². The van der Waals surface area contributed by atoms with Crippen LogP contribution in [-0.2, 0) is 11.3 Å². The van der Waals surface area contributed by atoms with E-state index in [2.05, 4.69) is 34.2 Å². The molecule has 1 aliphatic carbocycles. The molecule has 0 saturated heterocycles. The van der Waals surface area contributed by atoms with E-state index < -0.39 is 0 Å². The van der Waals surface area contributed by atoms with Gasteiger partial charge in [-0.3, -0.25) is 4.79 Å². The first-order valence-corrected chi connectivity index (χ1v) is 12.1. The second kappa shape index (κ2) is 8.41. The number of fused-ring (bicyclic) bond motifs is 3. The number of carbonyl (C=O) groups excluding carboxylic acids is 1. The van der Waals surface area contributed by atoms with Crippen LogP contribution in [0.15, 0.2) is 72.2 Å². The van der Waals surface area contributed by atoms with Gasteiger partial charge < -0.3 is 19.5 Å². The predicted molar refractivity (Wildman–Crippen MR) is 133 cm³/mol. The molecule has 0 fully saturated rings. The molecule has 178 valence electrons. The van der Waals surface area contributed by atoms with E-state index in [9.17, 15) is 9.18 Å². The lowest BCUT2D eigenvalue weighted by Crippen LogP contribution is -2.41. The molecule has 2 atom stereocenters. The third-order valence-electron chi connectivity index (χ3n) is 7.04. The Morgan fingerprint density at radius 2 is 2.03 bits per heavy atom. The van der Waals surface area contributed by atoms with Crippen LogP contribution in [0.25, 0.3) is 22.2 Å². The fourth-order valence-electron chi connectivity index (χ4n) is 5.34. The van der Waals surface area contributed by atoms with Gasteiger partial charge in [0.2, 0.25) is 0 Å². The first-order valence-electron chi connectivity index (χ1n) is 12.1. The number of imidazole rings is 1. The number of nitrogens with zero attached hydrogens (tertiary/aromatic N) is 3. The summed E-state index contributed by atoms with van der Waals surface area (Å²) in [7, 11) is 0. The van der Waals surface area contributed by atoms with E-state index in [4.69, 9.17) is 4.74 Å². The second-order valence-electron chi connectivity index (χ2n) is 9.27. The first kappa shape index (κ1) is 21.6. The van der Waals surface area contributed by atoms with Crippen molar-refractivity contribution < 1.29 is 13.9 Å². The fourth-order valence-corrected chi connectivity index (χ4v) is 5.34. The van der Waals surface area contributed by atoms with Gasteiger partial charge in [0.25, 0.3) is 5.91 Å². The van der Waals surface area contributed by atoms with Gasteiger partial charge >= 0.3 is 0 Å². The average Bonchev–Trinajstić information content (AvgIpc) is 3.33. The minimum Gasteiger partial charge on any atom is -0.491 e. The van der Waals surface area contributed by atoms with E-state index >= 15 is 0 Å². The number of halogens is 1. The molecule has 3 aliphatic rings. The minimum absolute atomic E-state index is 0.0107. The molecule has 0 bridgehead atoms. The van der Waals surface area contributed by atoms with Crippen molar-refractivity contribution in [3.63, 3.8) is 0 Å². The Hall–Kier alpha value is -3.87. The molecule has 2 aromatic carbocycles. The number of H-pyrrole nitrogens is 1. The molecule has 1 amide bonds. The number of nitrogens with one attached hydrogen (secondary N) is 1. The highest BCUT2D eigenvalue weighted by atomic mass is 19.1. The molecule has 3 aromatic rings. The van der Waals surface area contributed by atoms with Crippen LogP contribution in [0.2, 0.25) is 0 Å². The quantitative estimate of drug-likeness (QED) is 0.592. The normalized spacial score (nSPS) is 21.2. The zero-order valence-corrected chi connectivity index (χ0v) is 19.8. The summed E-state index contributed by atoms with van der Waals surface area (Å²) < 4.78 is 19.9. The van der Waals surface area contributed by atoms with Crippen molar-refractivity contribution in [3.8, 4) is 16.9 Å². The Labute approximate surface area is 203 Å². The lowest BCUT2D eigenvalue weighted by molar-refractivity contribution is -0.129. The SMILES string of the molecule is CCN1C(C(=O)N2CCOc3ccc(-c4ccc5nc(C)[nH]c5c4)cc3C2)=CC2C=CC(F)=CC21. The van der Waals surface area contributed by atoms with Gasteiger partial charge in [0, 0.05) is 24.6 Å². The second-order valence-corrected chi connectivity index (χ2v) is 9.27. The molecule has 3 heterocycles. The number of allylic oxidation sites excluding steroid dienone is 2. The van der Waals surface area contributed by atoms with E-state index in [0.29, 0.717) is 31.9 Å². The van der Waals surface area contributed by atoms with Crippen molar-refractivity contribution in [3.05, 3.63) is 83.6 Å². The largest absolute Gasteiger partial charge is 0.491 e. The van der Waals surface area contributed by atoms with E-state index in [1.165, 1.54) is 6.08 Å². The zero-order chi connectivity index (χ0) is 24.1. The molecule has 1 aromatic heterocycles. The maximum atomic E-state index is 13.9. The number of benzene rings is 2. The molecule has 1 N–H and O–H groups in total. The Kier molecular flexibility index (Phi) is 5.20. The highest BCUT2D eigenvalue weighted by Crippen LogP contribution is 2.35. The van der Waals surface area contributed by atoms with Crippen molar-refractivity contribution in [1.82, 2.24) is 19.8 Å². The summed E-state index contributed by atoms with van der Waals surface area (Å²) in [4.78, 5) is 25.3. The molecular formula is C28H27FN4O2. The van der Waals surface area contributed by atoms with Crippen molar-refractivity contribution in [1.29, 1.82) is 0 Å². The van der Waals surface area contributed by atoms with Crippen molar-refractivity contribution in [2.75, 3.05) is 19.7 Å². The molecule has 7 heteroatoms. The monoisotopic (exact) mass is 470 g/mol. The number of aromatic nitrogens is 2. The molecule has 6 rings (SSSR count). The molecule has 0 saturated carbocycles. The maximum Gasteiger partial charge on any atom is 0.270 e. The summed E-state index contributed by atoms with van der Waals surface area (Å²) in [6, 6.07) is 12.2. The summed E-state index contributed by atoms with van der Waals surface area (Å²) in [5.41, 5.74) is 5.68. The summed E-state index contributed by atoms with van der Waals surface area (Å²) in [5.74, 6) is 1.41. The molecular weight excluding hydrogens is 443 g/mol. The van der Waals surface area contributed by atoms with Crippen LogP contribution < -0.4 is 4.74 Å². The van der Waals surface area contributed by atoms with Crippen LogP contribution in [0, 0.1) is 12.8 Å². The van der Waals surface area contributed by atoms with E-state index in [1.54, 1.807) is 6.08 Å². The minimum atomic E-state index is -0.250. The highest BCUT2D eigenvalue weighted by molar-refractivity contribution is 5.94. The number of hydrogen-bond donors (Lipinski definition) is 1. The molecule has 35 heavy (non-hydrogen) atoms. The molecule has 0 radical (unpaired) electrons. The molecule has 2 unspecified atom stereocenters. The first-order chi connectivity index (χ1) is 17.0. The van der Waals surface area contributed by atoms with Crippen LogP contribution in [0.5, 0.6) is 5.75 Å². The summed E-state index contributed by atoms with van der Waals surface area (Å²) in [6.45, 7) is 5.96. The molecule has 6 nitrogen and oxygen atoms in total. The number of aromatic amines is 1. The molecule has 0 spiro atoms. The van der Waals surface area contributed by atoms with Gasteiger partial charge in [0.1, 0.15) is 24.0 Å². The maximum absolute atomic E-state index is 13.9. The summed E-state index contributed by atoms with van der Waals surface area (Å²) in [5, 5.41) is 0. The Bertz CT molecular complexity index is 1420. The van der Waals surface area contributed by atoms with Gasteiger partial charge in [0.15, 0.2) is 0 Å². The number of carbonyl (C=O) groups is 1. The Morgan fingerprint density at radius 1 is 1.20 bits per heavy atom. The van der Waals surface area contributed by atoms with E-state index in [-0.39, 0.29) is 23.7 Å². The lowest BCUT2D eigenvalue weighted by atomic mass is 9.96. The zero-order valence-electron chi connectivity index (χ0n) is 19.8. The van der Waals surface area contributed by atoms with Crippen LogP contribution >= 0.6 is 0 Å². The summed E-state index contributed by atoms with van der Waals surface area (Å²) in [6.07, 6.45) is 6.91. The highest BCUT2D eigenvalue weighted by Gasteiger charge is 2.37. The van der Waals surface area contributed by atoms with Crippen LogP contribution in [0.3, 0.4) is 0 Å². The van der Waals surface area contributed by atoms with E-state index in [1.807, 2.05) is 47.9 Å². The topological polar surface area (TPSA) is 61.5 Å². The average molecular weight is 471 g/mol. The smallest absolute Gasteiger partial charge is 0.270 e. The van der Waals surface area contributed by atoms with E-state index in [0.717, 1.165) is 39.3 Å². The number of ether oxygens (including phenoxy) is 1. The van der Waals surface area contributed by atoms with Crippen LogP contribution in [0.1, 0.15) is 18.3 Å². The lowest BCUT2D eigenvalue weighted by Gasteiger charge is -2.31. The fraction of sp³-hybridized carbons (Fsp3) is 0.286. The third kappa shape index (κ3) is 3.81. The number of aryl methyl sites for hydroxylation is 1. The number of rotatable bonds is 3. The van der Waals surface area contributed by atoms with Crippen molar-refractivity contribution >= 4 is 16.9 Å². The van der Waals surface area contributed by atoms with Crippen LogP contribution in [-0.4, -0.2) is 51.4 Å². The summed E-state index contributed by atoms with van der Waals surface area (Å²) >= 11 is 0. The Morgan fingerprint density at radius 3 is 2.89 bits per heavy atom. The number of amides is 1. The standard InChI is InChI=1S/C28H27FN4O2/c1-3-33-25-15-22(29)7-4-20(25)14-26(33)28(34)32-10-11-35-27-9-6-18(12-21(27)16-32)19-5-8-23-24(13-19)31-17(2)30-23/h4-9,12-15,20,25H,3,10-11,16H2,1-2H3,(H,30,31). The number of hydrogen-bond acceptors (Lipinski definition) is 4. The van der Waals surface area contributed by atoms with Gasteiger partial charge in [-0.1, -0.05) is 18.2 Å². The predicted octanol–water partition coefficient (Wildman–Crippen LogP) is 4.89. The Balaban J connectivity index is 1.29.